The van der Waals surface area contributed by atoms with Crippen LogP contribution in [-0.4, -0.2) is 5.11 Å². The van der Waals surface area contributed by atoms with Gasteiger partial charge in [0.1, 0.15) is 5.75 Å². The van der Waals surface area contributed by atoms with Gasteiger partial charge in [-0.3, -0.25) is 0 Å². The Morgan fingerprint density at radius 1 is 1.05 bits per heavy atom. The maximum Gasteiger partial charge on any atom is 0.124 e. The molecule has 0 saturated carbocycles. The first kappa shape index (κ1) is 21.3. The highest BCUT2D eigenvalue weighted by molar-refractivity contribution is 5.85. The zero-order valence-corrected chi connectivity index (χ0v) is 16.3. The average molecular weight is 328 g/mol. The molecule has 0 aliphatic rings. The Kier molecular flexibility index (Phi) is 6.99. The molecule has 1 aromatic carbocycles. The lowest BCUT2D eigenvalue weighted by Gasteiger charge is -2.30. The van der Waals surface area contributed by atoms with E-state index < -0.39 is 0 Å². The maximum absolute atomic E-state index is 10.7. The summed E-state index contributed by atoms with van der Waals surface area (Å²) >= 11 is 0. The number of phenolic OH excluding ortho intramolecular Hbond substituents is 1. The van der Waals surface area contributed by atoms with E-state index in [1.807, 2.05) is 0 Å². The van der Waals surface area contributed by atoms with E-state index in [-0.39, 0.29) is 29.3 Å². The molecule has 1 unspecified atom stereocenters. The first-order chi connectivity index (χ1) is 9.39. The van der Waals surface area contributed by atoms with Gasteiger partial charge in [-0.05, 0) is 33.9 Å². The summed E-state index contributed by atoms with van der Waals surface area (Å²) in [6.07, 6.45) is 1.01. The fourth-order valence-corrected chi connectivity index (χ4v) is 2.48. The lowest BCUT2D eigenvalue weighted by atomic mass is 9.77. The van der Waals surface area contributed by atoms with Gasteiger partial charge in [0.05, 0.1) is 0 Å². The molecule has 0 aromatic heterocycles. The van der Waals surface area contributed by atoms with Gasteiger partial charge in [-0.2, -0.15) is 0 Å². The van der Waals surface area contributed by atoms with E-state index >= 15 is 0 Å². The predicted octanol–water partition coefficient (Wildman–Crippen LogP) is 5.45. The summed E-state index contributed by atoms with van der Waals surface area (Å²) in [6.45, 7) is 17.3. The van der Waals surface area contributed by atoms with Crippen molar-refractivity contribution in [2.45, 2.75) is 78.7 Å². The molecule has 0 amide bonds. The van der Waals surface area contributed by atoms with Crippen molar-refractivity contribution in [1.82, 2.24) is 0 Å². The summed E-state index contributed by atoms with van der Waals surface area (Å²) in [7, 11) is 0. The third-order valence-corrected chi connectivity index (χ3v) is 4.43. The number of hydrogen-bond donors (Lipinski definition) is 2. The van der Waals surface area contributed by atoms with Crippen LogP contribution in [0.1, 0.15) is 84.5 Å². The van der Waals surface area contributed by atoms with Gasteiger partial charge >= 0.3 is 0 Å². The number of benzene rings is 1. The van der Waals surface area contributed by atoms with Crippen molar-refractivity contribution in [3.05, 3.63) is 28.8 Å². The summed E-state index contributed by atoms with van der Waals surface area (Å²) in [5, 5.41) is 10.7. The maximum atomic E-state index is 10.7. The quantitative estimate of drug-likeness (QED) is 0.774. The molecule has 0 heterocycles. The number of rotatable bonds is 3. The van der Waals surface area contributed by atoms with Crippen molar-refractivity contribution >= 4 is 12.4 Å². The number of aromatic hydroxyl groups is 1. The lowest BCUT2D eigenvalue weighted by Crippen LogP contribution is -2.23. The van der Waals surface area contributed by atoms with Gasteiger partial charge in [0.2, 0.25) is 0 Å². The van der Waals surface area contributed by atoms with Gasteiger partial charge in [-0.25, -0.2) is 0 Å². The number of phenols is 1. The lowest BCUT2D eigenvalue weighted by molar-refractivity contribution is 0.403. The summed E-state index contributed by atoms with van der Waals surface area (Å²) in [4.78, 5) is 0. The highest BCUT2D eigenvalue weighted by Gasteiger charge is 2.27. The third kappa shape index (κ3) is 4.63. The van der Waals surface area contributed by atoms with Crippen LogP contribution in [0, 0.1) is 5.92 Å². The van der Waals surface area contributed by atoms with Crippen LogP contribution in [0.15, 0.2) is 12.1 Å². The molecule has 0 radical (unpaired) electrons. The van der Waals surface area contributed by atoms with E-state index in [1.54, 1.807) is 0 Å². The molecule has 0 spiro atoms. The molecule has 22 heavy (non-hydrogen) atoms. The van der Waals surface area contributed by atoms with Crippen LogP contribution in [0.25, 0.3) is 0 Å². The Labute approximate surface area is 142 Å². The molecule has 0 fully saturated rings. The number of hydrogen-bond acceptors (Lipinski definition) is 2. The van der Waals surface area contributed by atoms with Gasteiger partial charge in [0.15, 0.2) is 0 Å². The van der Waals surface area contributed by atoms with Gasteiger partial charge in [0.25, 0.3) is 0 Å². The van der Waals surface area contributed by atoms with E-state index in [0.29, 0.717) is 11.7 Å². The summed E-state index contributed by atoms with van der Waals surface area (Å²) < 4.78 is 0. The second-order valence-electron chi connectivity index (χ2n) is 8.37. The second-order valence-corrected chi connectivity index (χ2v) is 8.37. The minimum Gasteiger partial charge on any atom is -0.507 e. The standard InChI is InChI=1S/C19H33NO.ClH/c1-9-12(2)16(20)14-10-13(18(3,4)5)11-15(17(14)21)19(6,7)8;/h10-12,16,21H,9,20H2,1-8H3;1H/t12?,16-;/m0./s1. The minimum absolute atomic E-state index is 0. The van der Waals surface area contributed by atoms with Crippen LogP contribution in [0.5, 0.6) is 5.75 Å². The molecular weight excluding hydrogens is 294 g/mol. The van der Waals surface area contributed by atoms with Crippen LogP contribution >= 0.6 is 12.4 Å². The molecule has 1 aromatic rings. The molecule has 2 atom stereocenters. The van der Waals surface area contributed by atoms with Gasteiger partial charge < -0.3 is 10.8 Å². The summed E-state index contributed by atoms with van der Waals surface area (Å²) in [5.74, 6) is 0.724. The fourth-order valence-electron chi connectivity index (χ4n) is 2.48. The SMILES string of the molecule is CCC(C)[C@H](N)c1cc(C(C)(C)C)cc(C(C)(C)C)c1O.Cl. The molecule has 0 aliphatic heterocycles. The minimum atomic E-state index is -0.126. The Morgan fingerprint density at radius 2 is 1.55 bits per heavy atom. The highest BCUT2D eigenvalue weighted by atomic mass is 35.5. The monoisotopic (exact) mass is 327 g/mol. The van der Waals surface area contributed by atoms with Gasteiger partial charge in [-0.15, -0.1) is 12.4 Å². The zero-order valence-electron chi connectivity index (χ0n) is 15.4. The molecule has 3 N–H and O–H groups in total. The largest absolute Gasteiger partial charge is 0.507 e. The second kappa shape index (κ2) is 7.23. The van der Waals surface area contributed by atoms with Crippen LogP contribution in [0.4, 0.5) is 0 Å². The molecule has 0 saturated heterocycles. The number of halogens is 1. The fraction of sp³-hybridized carbons (Fsp3) is 0.684. The molecular formula is C19H34ClNO. The van der Waals surface area contributed by atoms with Crippen molar-refractivity contribution in [2.24, 2.45) is 11.7 Å². The van der Waals surface area contributed by atoms with Crippen LogP contribution in [0.3, 0.4) is 0 Å². The van der Waals surface area contributed by atoms with Gasteiger partial charge in [-0.1, -0.05) is 67.9 Å². The molecule has 2 nitrogen and oxygen atoms in total. The van der Waals surface area contributed by atoms with Gasteiger partial charge in [0, 0.05) is 11.6 Å². The number of nitrogens with two attached hydrogens (primary N) is 1. The molecule has 0 aliphatic carbocycles. The summed E-state index contributed by atoms with van der Waals surface area (Å²) in [6, 6.07) is 4.11. The first-order valence-corrected chi connectivity index (χ1v) is 8.03. The van der Waals surface area contributed by atoms with Crippen LogP contribution in [-0.2, 0) is 10.8 Å². The van der Waals surface area contributed by atoms with Crippen molar-refractivity contribution < 1.29 is 5.11 Å². The van der Waals surface area contributed by atoms with Crippen molar-refractivity contribution in [3.63, 3.8) is 0 Å². The smallest absolute Gasteiger partial charge is 0.124 e. The molecule has 1 rings (SSSR count). The van der Waals surface area contributed by atoms with Crippen molar-refractivity contribution in [1.29, 1.82) is 0 Å². The normalized spacial score (nSPS) is 15.1. The molecule has 0 bridgehead atoms. The third-order valence-electron chi connectivity index (χ3n) is 4.43. The van der Waals surface area contributed by atoms with E-state index in [9.17, 15) is 5.11 Å². The first-order valence-electron chi connectivity index (χ1n) is 8.03. The topological polar surface area (TPSA) is 46.2 Å². The van der Waals surface area contributed by atoms with Crippen LogP contribution in [0.2, 0.25) is 0 Å². The Morgan fingerprint density at radius 3 is 1.91 bits per heavy atom. The molecule has 3 heteroatoms. The molecule has 128 valence electrons. The van der Waals surface area contributed by atoms with Crippen molar-refractivity contribution in [3.8, 4) is 5.75 Å². The van der Waals surface area contributed by atoms with Crippen LogP contribution < -0.4 is 5.73 Å². The van der Waals surface area contributed by atoms with E-state index in [4.69, 9.17) is 5.73 Å². The van der Waals surface area contributed by atoms with Crippen molar-refractivity contribution in [2.75, 3.05) is 0 Å². The van der Waals surface area contributed by atoms with E-state index in [1.165, 1.54) is 5.56 Å². The Bertz CT molecular complexity index is 497. The zero-order chi connectivity index (χ0) is 16.6. The predicted molar refractivity (Wildman–Crippen MR) is 99.1 cm³/mol. The average Bonchev–Trinajstić information content (AvgIpc) is 2.34. The highest BCUT2D eigenvalue weighted by Crippen LogP contribution is 2.41. The van der Waals surface area contributed by atoms with E-state index in [2.05, 4.69) is 67.5 Å². The van der Waals surface area contributed by atoms with E-state index in [0.717, 1.165) is 17.5 Å². The Hall–Kier alpha value is -0.730. The Balaban J connectivity index is 0.00000441. The summed E-state index contributed by atoms with van der Waals surface area (Å²) in [5.41, 5.74) is 9.47.